The summed E-state index contributed by atoms with van der Waals surface area (Å²) >= 11 is 0. The molecule has 1 aliphatic heterocycles. The first kappa shape index (κ1) is 13.3. The van der Waals surface area contributed by atoms with E-state index in [0.717, 1.165) is 44.8 Å². The van der Waals surface area contributed by atoms with E-state index in [9.17, 15) is 0 Å². The van der Waals surface area contributed by atoms with Gasteiger partial charge in [-0.25, -0.2) is 0 Å². The highest BCUT2D eigenvalue weighted by Gasteiger charge is 2.30. The summed E-state index contributed by atoms with van der Waals surface area (Å²) in [5, 5.41) is 3.77. The van der Waals surface area contributed by atoms with Crippen molar-refractivity contribution in [1.82, 2.24) is 10.2 Å². The minimum atomic E-state index is 0.260. The minimum absolute atomic E-state index is 0.260. The fourth-order valence-corrected chi connectivity index (χ4v) is 3.07. The quantitative estimate of drug-likeness (QED) is 0.812. The largest absolute Gasteiger partial charge is 0.379 e. The molecular weight excluding hydrogens is 212 g/mol. The molecule has 3 nitrogen and oxygen atoms in total. The number of morpholine rings is 1. The third kappa shape index (κ3) is 3.67. The van der Waals surface area contributed by atoms with Crippen LogP contribution in [0, 0.1) is 5.92 Å². The Balaban J connectivity index is 1.76. The molecule has 1 heterocycles. The molecule has 100 valence electrons. The Bertz CT molecular complexity index is 236. The SMILES string of the molecule is CC1CCC(NCC(C)(C)N2CCOCC2)C1. The number of rotatable bonds is 4. The summed E-state index contributed by atoms with van der Waals surface area (Å²) in [4.78, 5) is 2.56. The summed E-state index contributed by atoms with van der Waals surface area (Å²) in [7, 11) is 0. The highest BCUT2D eigenvalue weighted by Crippen LogP contribution is 2.25. The van der Waals surface area contributed by atoms with Crippen LogP contribution in [0.5, 0.6) is 0 Å². The topological polar surface area (TPSA) is 24.5 Å². The molecule has 0 aromatic rings. The molecule has 1 saturated carbocycles. The smallest absolute Gasteiger partial charge is 0.0594 e. The lowest BCUT2D eigenvalue weighted by Gasteiger charge is -2.41. The van der Waals surface area contributed by atoms with Crippen molar-refractivity contribution in [3.63, 3.8) is 0 Å². The fraction of sp³-hybridized carbons (Fsp3) is 1.00. The van der Waals surface area contributed by atoms with Crippen LogP contribution in [-0.2, 0) is 4.74 Å². The van der Waals surface area contributed by atoms with Crippen molar-refractivity contribution in [3.05, 3.63) is 0 Å². The van der Waals surface area contributed by atoms with Gasteiger partial charge in [-0.2, -0.15) is 0 Å². The lowest BCUT2D eigenvalue weighted by atomic mass is 10.0. The number of hydrogen-bond donors (Lipinski definition) is 1. The highest BCUT2D eigenvalue weighted by atomic mass is 16.5. The zero-order valence-electron chi connectivity index (χ0n) is 11.7. The Morgan fingerprint density at radius 3 is 2.53 bits per heavy atom. The van der Waals surface area contributed by atoms with Crippen LogP contribution in [0.25, 0.3) is 0 Å². The summed E-state index contributed by atoms with van der Waals surface area (Å²) < 4.78 is 5.42. The maximum atomic E-state index is 5.42. The Kier molecular flexibility index (Phi) is 4.45. The number of nitrogens with zero attached hydrogens (tertiary/aromatic N) is 1. The van der Waals surface area contributed by atoms with Gasteiger partial charge in [0.25, 0.3) is 0 Å². The molecule has 0 aromatic carbocycles. The Labute approximate surface area is 106 Å². The molecule has 2 fully saturated rings. The molecule has 0 bridgehead atoms. The van der Waals surface area contributed by atoms with Crippen LogP contribution in [0.1, 0.15) is 40.0 Å². The maximum Gasteiger partial charge on any atom is 0.0594 e. The fourth-order valence-electron chi connectivity index (χ4n) is 3.07. The van der Waals surface area contributed by atoms with Crippen LogP contribution in [0.2, 0.25) is 0 Å². The van der Waals surface area contributed by atoms with Crippen LogP contribution < -0.4 is 5.32 Å². The lowest BCUT2D eigenvalue weighted by Crippen LogP contribution is -2.55. The average molecular weight is 240 g/mol. The van der Waals surface area contributed by atoms with E-state index in [-0.39, 0.29) is 5.54 Å². The van der Waals surface area contributed by atoms with Crippen LogP contribution in [0.15, 0.2) is 0 Å². The molecule has 1 aliphatic carbocycles. The summed E-state index contributed by atoms with van der Waals surface area (Å²) in [5.41, 5.74) is 0.260. The van der Waals surface area contributed by atoms with Gasteiger partial charge in [-0.05, 0) is 39.0 Å². The van der Waals surface area contributed by atoms with E-state index in [0.29, 0.717) is 0 Å². The van der Waals surface area contributed by atoms with Crippen molar-refractivity contribution in [1.29, 1.82) is 0 Å². The first-order chi connectivity index (χ1) is 8.08. The summed E-state index contributed by atoms with van der Waals surface area (Å²) in [5.74, 6) is 0.916. The van der Waals surface area contributed by atoms with E-state index in [4.69, 9.17) is 4.74 Å². The predicted molar refractivity (Wildman–Crippen MR) is 71.3 cm³/mol. The van der Waals surface area contributed by atoms with Gasteiger partial charge in [-0.3, -0.25) is 4.90 Å². The number of nitrogens with one attached hydrogen (secondary N) is 1. The molecule has 2 rings (SSSR count). The van der Waals surface area contributed by atoms with Gasteiger partial charge in [-0.1, -0.05) is 6.92 Å². The molecule has 3 heteroatoms. The third-order valence-electron chi connectivity index (χ3n) is 4.39. The zero-order valence-corrected chi connectivity index (χ0v) is 11.7. The Morgan fingerprint density at radius 1 is 1.24 bits per heavy atom. The van der Waals surface area contributed by atoms with Crippen LogP contribution in [-0.4, -0.2) is 49.3 Å². The summed E-state index contributed by atoms with van der Waals surface area (Å²) in [6.45, 7) is 12.1. The van der Waals surface area contributed by atoms with Gasteiger partial charge in [0.2, 0.25) is 0 Å². The van der Waals surface area contributed by atoms with Crippen molar-refractivity contribution >= 4 is 0 Å². The second-order valence-electron chi connectivity index (χ2n) is 6.41. The Hall–Kier alpha value is -0.120. The van der Waals surface area contributed by atoms with Gasteiger partial charge in [-0.15, -0.1) is 0 Å². The third-order valence-corrected chi connectivity index (χ3v) is 4.39. The van der Waals surface area contributed by atoms with E-state index in [2.05, 4.69) is 31.0 Å². The van der Waals surface area contributed by atoms with Gasteiger partial charge in [0, 0.05) is 31.2 Å². The minimum Gasteiger partial charge on any atom is -0.379 e. The van der Waals surface area contributed by atoms with Gasteiger partial charge in [0.1, 0.15) is 0 Å². The standard InChI is InChI=1S/C14H28N2O/c1-12-4-5-13(10-12)15-11-14(2,3)16-6-8-17-9-7-16/h12-13,15H,4-11H2,1-3H3. The van der Waals surface area contributed by atoms with E-state index < -0.39 is 0 Å². The molecule has 1 saturated heterocycles. The molecule has 2 atom stereocenters. The lowest BCUT2D eigenvalue weighted by molar-refractivity contribution is -0.0103. The molecule has 2 unspecified atom stereocenters. The van der Waals surface area contributed by atoms with Crippen LogP contribution in [0.4, 0.5) is 0 Å². The number of hydrogen-bond acceptors (Lipinski definition) is 3. The molecule has 0 radical (unpaired) electrons. The van der Waals surface area contributed by atoms with Crippen molar-refractivity contribution in [2.75, 3.05) is 32.8 Å². The van der Waals surface area contributed by atoms with Crippen molar-refractivity contribution in [2.45, 2.75) is 51.6 Å². The van der Waals surface area contributed by atoms with Crippen molar-refractivity contribution < 1.29 is 4.74 Å². The van der Waals surface area contributed by atoms with Gasteiger partial charge < -0.3 is 10.1 Å². The second-order valence-corrected chi connectivity index (χ2v) is 6.41. The maximum absolute atomic E-state index is 5.42. The molecule has 1 N–H and O–H groups in total. The van der Waals surface area contributed by atoms with Crippen molar-refractivity contribution in [2.24, 2.45) is 5.92 Å². The van der Waals surface area contributed by atoms with E-state index in [1.165, 1.54) is 19.3 Å². The molecule has 0 aromatic heterocycles. The summed E-state index contributed by atoms with van der Waals surface area (Å²) in [6.07, 6.45) is 4.12. The van der Waals surface area contributed by atoms with Crippen LogP contribution in [0.3, 0.4) is 0 Å². The zero-order chi connectivity index (χ0) is 12.3. The normalized spacial score (nSPS) is 31.9. The average Bonchev–Trinajstić information content (AvgIpc) is 2.74. The Morgan fingerprint density at radius 2 is 1.94 bits per heavy atom. The van der Waals surface area contributed by atoms with E-state index >= 15 is 0 Å². The molecular formula is C14H28N2O. The number of ether oxygens (including phenoxy) is 1. The summed E-state index contributed by atoms with van der Waals surface area (Å²) in [6, 6.07) is 0.755. The molecule has 0 spiro atoms. The van der Waals surface area contributed by atoms with Gasteiger partial charge in [0.05, 0.1) is 13.2 Å². The van der Waals surface area contributed by atoms with E-state index in [1.807, 2.05) is 0 Å². The highest BCUT2D eigenvalue weighted by molar-refractivity contribution is 4.88. The van der Waals surface area contributed by atoms with Gasteiger partial charge >= 0.3 is 0 Å². The molecule has 0 amide bonds. The monoisotopic (exact) mass is 240 g/mol. The first-order valence-corrected chi connectivity index (χ1v) is 7.14. The van der Waals surface area contributed by atoms with Crippen molar-refractivity contribution in [3.8, 4) is 0 Å². The van der Waals surface area contributed by atoms with Crippen LogP contribution >= 0.6 is 0 Å². The van der Waals surface area contributed by atoms with E-state index in [1.54, 1.807) is 0 Å². The predicted octanol–water partition coefficient (Wildman–Crippen LogP) is 1.88. The first-order valence-electron chi connectivity index (χ1n) is 7.14. The molecule has 17 heavy (non-hydrogen) atoms. The molecule has 2 aliphatic rings. The second kappa shape index (κ2) is 5.68. The van der Waals surface area contributed by atoms with Gasteiger partial charge in [0.15, 0.2) is 0 Å².